The number of anilines is 1. The van der Waals surface area contributed by atoms with Gasteiger partial charge in [-0.25, -0.2) is 4.39 Å². The molecule has 0 aromatic heterocycles. The van der Waals surface area contributed by atoms with Crippen LogP contribution < -0.4 is 5.73 Å². The lowest BCUT2D eigenvalue weighted by Gasteiger charge is -2.11. The summed E-state index contributed by atoms with van der Waals surface area (Å²) in [5.41, 5.74) is 7.32. The van der Waals surface area contributed by atoms with Crippen LogP contribution in [0.4, 0.5) is 10.1 Å². The van der Waals surface area contributed by atoms with Gasteiger partial charge in [-0.1, -0.05) is 13.8 Å². The average Bonchev–Trinajstić information content (AvgIpc) is 2.02. The van der Waals surface area contributed by atoms with Gasteiger partial charge < -0.3 is 11.1 Å². The standard InChI is InChI=1S/C10H13FN2/c1-6(2)8-3-7(11)4-10(13)9(8)5-12/h3-6,12H,13H2,1-2H3. The summed E-state index contributed by atoms with van der Waals surface area (Å²) in [6.07, 6.45) is 1.17. The molecule has 0 radical (unpaired) electrons. The van der Waals surface area contributed by atoms with Crippen molar-refractivity contribution in [3.8, 4) is 0 Å². The van der Waals surface area contributed by atoms with Crippen LogP contribution in [-0.4, -0.2) is 6.21 Å². The highest BCUT2D eigenvalue weighted by Crippen LogP contribution is 2.24. The van der Waals surface area contributed by atoms with E-state index in [0.29, 0.717) is 11.3 Å². The molecular weight excluding hydrogens is 167 g/mol. The minimum Gasteiger partial charge on any atom is -0.398 e. The highest BCUT2D eigenvalue weighted by Gasteiger charge is 2.09. The monoisotopic (exact) mass is 180 g/mol. The number of hydrogen-bond donors (Lipinski definition) is 2. The molecule has 0 heterocycles. The van der Waals surface area contributed by atoms with Crippen LogP contribution >= 0.6 is 0 Å². The summed E-state index contributed by atoms with van der Waals surface area (Å²) in [5.74, 6) is -0.165. The van der Waals surface area contributed by atoms with E-state index < -0.39 is 0 Å². The quantitative estimate of drug-likeness (QED) is 0.533. The Balaban J connectivity index is 3.38. The van der Waals surface area contributed by atoms with Crippen LogP contribution in [0.3, 0.4) is 0 Å². The number of hydrogen-bond acceptors (Lipinski definition) is 2. The maximum absolute atomic E-state index is 12.9. The van der Waals surface area contributed by atoms with E-state index in [1.807, 2.05) is 13.8 Å². The van der Waals surface area contributed by atoms with Crippen molar-refractivity contribution in [2.24, 2.45) is 0 Å². The summed E-state index contributed by atoms with van der Waals surface area (Å²) in [4.78, 5) is 0. The first-order valence-electron chi connectivity index (χ1n) is 4.15. The SMILES string of the molecule is CC(C)c1cc(F)cc(N)c1C=N. The first-order chi connectivity index (χ1) is 6.06. The maximum Gasteiger partial charge on any atom is 0.125 e. The Bertz CT molecular complexity index is 332. The summed E-state index contributed by atoms with van der Waals surface area (Å²) in [6, 6.07) is 2.67. The van der Waals surface area contributed by atoms with Crippen LogP contribution in [0.2, 0.25) is 0 Å². The van der Waals surface area contributed by atoms with Crippen molar-refractivity contribution in [2.45, 2.75) is 19.8 Å². The van der Waals surface area contributed by atoms with Gasteiger partial charge in [-0.3, -0.25) is 0 Å². The molecule has 0 saturated carbocycles. The van der Waals surface area contributed by atoms with Crippen molar-refractivity contribution < 1.29 is 4.39 Å². The first kappa shape index (κ1) is 9.71. The Hall–Kier alpha value is -1.38. The molecule has 0 amide bonds. The molecule has 3 heteroatoms. The van der Waals surface area contributed by atoms with Crippen molar-refractivity contribution >= 4 is 11.9 Å². The molecule has 0 saturated heterocycles. The van der Waals surface area contributed by atoms with E-state index in [-0.39, 0.29) is 11.7 Å². The molecule has 0 aliphatic heterocycles. The van der Waals surface area contributed by atoms with E-state index in [1.165, 1.54) is 18.3 Å². The third-order valence-electron chi connectivity index (χ3n) is 1.98. The molecule has 1 rings (SSSR count). The Morgan fingerprint density at radius 2 is 2.08 bits per heavy atom. The fraction of sp³-hybridized carbons (Fsp3) is 0.300. The van der Waals surface area contributed by atoms with Gasteiger partial charge >= 0.3 is 0 Å². The van der Waals surface area contributed by atoms with E-state index >= 15 is 0 Å². The zero-order chi connectivity index (χ0) is 10.0. The minimum absolute atomic E-state index is 0.176. The first-order valence-corrected chi connectivity index (χ1v) is 4.15. The Labute approximate surface area is 77.1 Å². The normalized spacial score (nSPS) is 10.5. The summed E-state index contributed by atoms with van der Waals surface area (Å²) in [7, 11) is 0. The fourth-order valence-electron chi connectivity index (χ4n) is 1.31. The lowest BCUT2D eigenvalue weighted by Crippen LogP contribution is -2.02. The zero-order valence-corrected chi connectivity index (χ0v) is 7.76. The molecule has 13 heavy (non-hydrogen) atoms. The minimum atomic E-state index is -0.341. The average molecular weight is 180 g/mol. The van der Waals surface area contributed by atoms with Gasteiger partial charge in [0.1, 0.15) is 5.82 Å². The summed E-state index contributed by atoms with van der Waals surface area (Å²) >= 11 is 0. The van der Waals surface area contributed by atoms with Crippen LogP contribution in [0.5, 0.6) is 0 Å². The number of nitrogens with one attached hydrogen (secondary N) is 1. The van der Waals surface area contributed by atoms with Gasteiger partial charge in [0.05, 0.1) is 0 Å². The molecule has 0 bridgehead atoms. The molecular formula is C10H13FN2. The van der Waals surface area contributed by atoms with E-state index in [2.05, 4.69) is 0 Å². The van der Waals surface area contributed by atoms with Crippen LogP contribution in [0.1, 0.15) is 30.9 Å². The van der Waals surface area contributed by atoms with E-state index in [0.717, 1.165) is 5.56 Å². The molecule has 0 unspecified atom stereocenters. The van der Waals surface area contributed by atoms with E-state index in [9.17, 15) is 4.39 Å². The van der Waals surface area contributed by atoms with Crippen molar-refractivity contribution in [1.82, 2.24) is 0 Å². The van der Waals surface area contributed by atoms with E-state index in [4.69, 9.17) is 11.1 Å². The number of rotatable bonds is 2. The maximum atomic E-state index is 12.9. The smallest absolute Gasteiger partial charge is 0.125 e. The molecule has 0 spiro atoms. The molecule has 1 aromatic rings. The number of nitrogen functional groups attached to an aromatic ring is 1. The van der Waals surface area contributed by atoms with Crippen LogP contribution in [-0.2, 0) is 0 Å². The van der Waals surface area contributed by atoms with Gasteiger partial charge in [0.15, 0.2) is 0 Å². The van der Waals surface area contributed by atoms with Crippen molar-refractivity contribution in [2.75, 3.05) is 5.73 Å². The van der Waals surface area contributed by atoms with Gasteiger partial charge in [-0.05, 0) is 23.6 Å². The summed E-state index contributed by atoms with van der Waals surface area (Å²) < 4.78 is 12.9. The molecule has 3 N–H and O–H groups in total. The van der Waals surface area contributed by atoms with E-state index in [1.54, 1.807) is 0 Å². The highest BCUT2D eigenvalue weighted by molar-refractivity contribution is 5.87. The van der Waals surface area contributed by atoms with Crippen LogP contribution in [0.15, 0.2) is 12.1 Å². The highest BCUT2D eigenvalue weighted by atomic mass is 19.1. The van der Waals surface area contributed by atoms with Gasteiger partial charge in [0, 0.05) is 17.5 Å². The van der Waals surface area contributed by atoms with Gasteiger partial charge in [-0.2, -0.15) is 0 Å². The predicted molar refractivity (Wildman–Crippen MR) is 52.8 cm³/mol. The van der Waals surface area contributed by atoms with Crippen LogP contribution in [0, 0.1) is 11.2 Å². The van der Waals surface area contributed by atoms with Crippen molar-refractivity contribution in [3.05, 3.63) is 29.1 Å². The molecule has 0 fully saturated rings. The lowest BCUT2D eigenvalue weighted by atomic mass is 9.96. The largest absolute Gasteiger partial charge is 0.398 e. The number of halogens is 1. The topological polar surface area (TPSA) is 49.9 Å². The third kappa shape index (κ3) is 1.86. The second kappa shape index (κ2) is 3.56. The molecule has 1 aromatic carbocycles. The second-order valence-corrected chi connectivity index (χ2v) is 3.30. The summed E-state index contributed by atoms with van der Waals surface area (Å²) in [6.45, 7) is 3.89. The fourth-order valence-corrected chi connectivity index (χ4v) is 1.31. The molecule has 0 aliphatic rings. The molecule has 0 aliphatic carbocycles. The Morgan fingerprint density at radius 3 is 2.54 bits per heavy atom. The number of benzene rings is 1. The molecule has 0 atom stereocenters. The second-order valence-electron chi connectivity index (χ2n) is 3.30. The number of nitrogens with two attached hydrogens (primary N) is 1. The third-order valence-corrected chi connectivity index (χ3v) is 1.98. The van der Waals surface area contributed by atoms with Gasteiger partial charge in [0.2, 0.25) is 0 Å². The Morgan fingerprint density at radius 1 is 1.46 bits per heavy atom. The Kier molecular flexibility index (Phi) is 2.66. The zero-order valence-electron chi connectivity index (χ0n) is 7.76. The van der Waals surface area contributed by atoms with Gasteiger partial charge in [0.25, 0.3) is 0 Å². The summed E-state index contributed by atoms with van der Waals surface area (Å²) in [5, 5.41) is 7.16. The van der Waals surface area contributed by atoms with Crippen molar-refractivity contribution in [1.29, 1.82) is 5.41 Å². The molecule has 2 nitrogen and oxygen atoms in total. The van der Waals surface area contributed by atoms with Crippen molar-refractivity contribution in [3.63, 3.8) is 0 Å². The van der Waals surface area contributed by atoms with Crippen LogP contribution in [0.25, 0.3) is 0 Å². The molecule has 70 valence electrons. The predicted octanol–water partition coefficient (Wildman–Crippen LogP) is 2.53. The van der Waals surface area contributed by atoms with Gasteiger partial charge in [-0.15, -0.1) is 0 Å². The lowest BCUT2D eigenvalue weighted by molar-refractivity contribution is 0.624.